The van der Waals surface area contributed by atoms with E-state index in [0.29, 0.717) is 11.3 Å². The SMILES string of the molecule is CCSC(=O)n1[nH]c(=O)c(-c2ccccc2C)c1N. The lowest BCUT2D eigenvalue weighted by atomic mass is 10.0. The molecule has 0 aliphatic rings. The predicted molar refractivity (Wildman–Crippen MR) is 78.6 cm³/mol. The molecule has 0 amide bonds. The van der Waals surface area contributed by atoms with E-state index in [1.807, 2.05) is 38.1 Å². The van der Waals surface area contributed by atoms with Gasteiger partial charge in [0.1, 0.15) is 5.82 Å². The molecule has 6 heteroatoms. The van der Waals surface area contributed by atoms with Crippen molar-refractivity contribution in [3.8, 4) is 11.1 Å². The van der Waals surface area contributed by atoms with Crippen LogP contribution in [-0.4, -0.2) is 20.8 Å². The van der Waals surface area contributed by atoms with Crippen LogP contribution in [0.1, 0.15) is 12.5 Å². The van der Waals surface area contributed by atoms with Gasteiger partial charge in [-0.1, -0.05) is 43.0 Å². The first-order valence-electron chi connectivity index (χ1n) is 5.90. The second-order valence-corrected chi connectivity index (χ2v) is 5.27. The van der Waals surface area contributed by atoms with Crippen LogP contribution in [0.3, 0.4) is 0 Å². The summed E-state index contributed by atoms with van der Waals surface area (Å²) in [4.78, 5) is 23.8. The second-order valence-electron chi connectivity index (χ2n) is 4.05. The van der Waals surface area contributed by atoms with E-state index in [2.05, 4.69) is 5.10 Å². The molecule has 0 saturated heterocycles. The van der Waals surface area contributed by atoms with Crippen molar-refractivity contribution in [2.75, 3.05) is 11.5 Å². The van der Waals surface area contributed by atoms with Crippen molar-refractivity contribution in [3.63, 3.8) is 0 Å². The summed E-state index contributed by atoms with van der Waals surface area (Å²) in [7, 11) is 0. The van der Waals surface area contributed by atoms with Gasteiger partial charge in [0.2, 0.25) is 0 Å². The number of nitrogens with two attached hydrogens (primary N) is 1. The normalized spacial score (nSPS) is 10.6. The largest absolute Gasteiger partial charge is 0.383 e. The highest BCUT2D eigenvalue weighted by atomic mass is 32.2. The van der Waals surface area contributed by atoms with Crippen LogP contribution in [-0.2, 0) is 0 Å². The second kappa shape index (κ2) is 5.36. The zero-order valence-electron chi connectivity index (χ0n) is 10.8. The number of nitrogen functional groups attached to an aromatic ring is 1. The van der Waals surface area contributed by atoms with E-state index in [4.69, 9.17) is 5.73 Å². The van der Waals surface area contributed by atoms with Crippen molar-refractivity contribution in [2.24, 2.45) is 0 Å². The van der Waals surface area contributed by atoms with Gasteiger partial charge in [0.25, 0.3) is 5.56 Å². The van der Waals surface area contributed by atoms with E-state index in [1.54, 1.807) is 0 Å². The first-order chi connectivity index (χ1) is 9.06. The van der Waals surface area contributed by atoms with Gasteiger partial charge in [-0.25, -0.2) is 0 Å². The molecule has 0 fully saturated rings. The van der Waals surface area contributed by atoms with Crippen molar-refractivity contribution in [1.29, 1.82) is 0 Å². The minimum absolute atomic E-state index is 0.158. The predicted octanol–water partition coefficient (Wildman–Crippen LogP) is 2.46. The summed E-state index contributed by atoms with van der Waals surface area (Å²) in [6.07, 6.45) is 0. The van der Waals surface area contributed by atoms with Gasteiger partial charge in [0, 0.05) is 0 Å². The highest BCUT2D eigenvalue weighted by Crippen LogP contribution is 2.25. The number of benzene rings is 1. The summed E-state index contributed by atoms with van der Waals surface area (Å²) >= 11 is 1.09. The number of aromatic nitrogens is 2. The Hall–Kier alpha value is -1.95. The van der Waals surface area contributed by atoms with Crippen molar-refractivity contribution >= 4 is 22.8 Å². The fourth-order valence-electron chi connectivity index (χ4n) is 1.89. The molecule has 100 valence electrons. The van der Waals surface area contributed by atoms with E-state index >= 15 is 0 Å². The molecular formula is C13H15N3O2S. The smallest absolute Gasteiger partial charge is 0.306 e. The van der Waals surface area contributed by atoms with Gasteiger partial charge in [-0.15, -0.1) is 0 Å². The molecule has 1 aromatic carbocycles. The highest BCUT2D eigenvalue weighted by Gasteiger charge is 2.19. The average Bonchev–Trinajstić information content (AvgIpc) is 2.66. The third kappa shape index (κ3) is 2.44. The van der Waals surface area contributed by atoms with E-state index in [-0.39, 0.29) is 16.6 Å². The highest BCUT2D eigenvalue weighted by molar-refractivity contribution is 8.13. The number of carbonyl (C=O) groups is 1. The van der Waals surface area contributed by atoms with Crippen molar-refractivity contribution in [2.45, 2.75) is 13.8 Å². The van der Waals surface area contributed by atoms with Gasteiger partial charge in [0.15, 0.2) is 0 Å². The molecule has 0 atom stereocenters. The molecule has 2 rings (SSSR count). The summed E-state index contributed by atoms with van der Waals surface area (Å²) in [5, 5.41) is 2.21. The van der Waals surface area contributed by atoms with E-state index < -0.39 is 0 Å². The Morgan fingerprint density at radius 2 is 2.11 bits per heavy atom. The Balaban J connectivity index is 2.58. The zero-order valence-corrected chi connectivity index (χ0v) is 11.6. The molecule has 19 heavy (non-hydrogen) atoms. The number of hydrogen-bond donors (Lipinski definition) is 2. The molecule has 1 aromatic heterocycles. The van der Waals surface area contributed by atoms with E-state index in [1.165, 1.54) is 0 Å². The molecule has 3 N–H and O–H groups in total. The maximum Gasteiger partial charge on any atom is 0.306 e. The van der Waals surface area contributed by atoms with Crippen LogP contribution >= 0.6 is 11.8 Å². The molecule has 0 unspecified atom stereocenters. The van der Waals surface area contributed by atoms with Crippen LogP contribution in [0.15, 0.2) is 29.1 Å². The maximum atomic E-state index is 12.0. The number of H-pyrrole nitrogens is 1. The average molecular weight is 277 g/mol. The van der Waals surface area contributed by atoms with Crippen molar-refractivity contribution < 1.29 is 4.79 Å². The number of thioether (sulfide) groups is 1. The van der Waals surface area contributed by atoms with Crippen LogP contribution in [0.5, 0.6) is 0 Å². The first kappa shape index (κ1) is 13.5. The summed E-state index contributed by atoms with van der Waals surface area (Å²) in [6.45, 7) is 3.76. The molecule has 5 nitrogen and oxygen atoms in total. The summed E-state index contributed by atoms with van der Waals surface area (Å²) < 4.78 is 1.11. The molecule has 0 aliphatic heterocycles. The van der Waals surface area contributed by atoms with E-state index in [9.17, 15) is 9.59 Å². The number of aryl methyl sites for hydroxylation is 1. The zero-order chi connectivity index (χ0) is 14.0. The molecule has 0 spiro atoms. The lowest BCUT2D eigenvalue weighted by Crippen LogP contribution is -2.13. The van der Waals surface area contributed by atoms with Crippen LogP contribution in [0.25, 0.3) is 11.1 Å². The Morgan fingerprint density at radius 3 is 2.74 bits per heavy atom. The Labute approximate surface area is 114 Å². The number of aromatic amines is 1. The summed E-state index contributed by atoms with van der Waals surface area (Å²) in [5.74, 6) is 0.781. The third-order valence-electron chi connectivity index (χ3n) is 2.80. The van der Waals surface area contributed by atoms with Crippen molar-refractivity contribution in [1.82, 2.24) is 9.78 Å². The molecular weight excluding hydrogens is 262 g/mol. The molecule has 0 aliphatic carbocycles. The van der Waals surface area contributed by atoms with E-state index in [0.717, 1.165) is 27.6 Å². The third-order valence-corrected chi connectivity index (χ3v) is 3.52. The lowest BCUT2D eigenvalue weighted by Gasteiger charge is -2.05. The lowest BCUT2D eigenvalue weighted by molar-refractivity contribution is 0.260. The van der Waals surface area contributed by atoms with Gasteiger partial charge in [-0.2, -0.15) is 4.68 Å². The van der Waals surface area contributed by atoms with Crippen LogP contribution in [0.2, 0.25) is 0 Å². The minimum atomic E-state index is -0.350. The molecule has 0 bridgehead atoms. The van der Waals surface area contributed by atoms with Gasteiger partial charge >= 0.3 is 5.24 Å². The standard InChI is InChI=1S/C13H15N3O2S/c1-3-19-13(18)16-11(14)10(12(17)15-16)9-7-5-4-6-8(9)2/h4-7H,3,14H2,1-2H3,(H,15,17). The number of carbonyl (C=O) groups excluding carboxylic acids is 1. The number of nitrogens with zero attached hydrogens (tertiary/aromatic N) is 1. The summed E-state index contributed by atoms with van der Waals surface area (Å²) in [5.41, 5.74) is 7.62. The molecule has 0 saturated carbocycles. The fourth-order valence-corrected chi connectivity index (χ4v) is 2.41. The number of nitrogens with one attached hydrogen (secondary N) is 1. The van der Waals surface area contributed by atoms with Crippen molar-refractivity contribution in [3.05, 3.63) is 40.2 Å². The van der Waals surface area contributed by atoms with Gasteiger partial charge in [0.05, 0.1) is 5.56 Å². The van der Waals surface area contributed by atoms with Crippen LogP contribution in [0, 0.1) is 6.92 Å². The monoisotopic (exact) mass is 277 g/mol. The topological polar surface area (TPSA) is 80.9 Å². The number of anilines is 1. The number of hydrogen-bond acceptors (Lipinski definition) is 4. The quantitative estimate of drug-likeness (QED) is 0.883. The fraction of sp³-hybridized carbons (Fsp3) is 0.231. The minimum Gasteiger partial charge on any atom is -0.383 e. The van der Waals surface area contributed by atoms with Gasteiger partial charge in [-0.05, 0) is 23.8 Å². The molecule has 0 radical (unpaired) electrons. The van der Waals surface area contributed by atoms with Gasteiger partial charge < -0.3 is 5.73 Å². The first-order valence-corrected chi connectivity index (χ1v) is 6.88. The number of rotatable bonds is 2. The van der Waals surface area contributed by atoms with Gasteiger partial charge in [-0.3, -0.25) is 14.7 Å². The van der Waals surface area contributed by atoms with Crippen LogP contribution in [0.4, 0.5) is 10.6 Å². The Bertz CT molecular complexity index is 673. The summed E-state index contributed by atoms with van der Waals surface area (Å²) in [6, 6.07) is 7.44. The van der Waals surface area contributed by atoms with Crippen LogP contribution < -0.4 is 11.3 Å². The molecule has 1 heterocycles. The Morgan fingerprint density at radius 1 is 1.42 bits per heavy atom. The Kier molecular flexibility index (Phi) is 3.80. The molecule has 2 aromatic rings. The maximum absolute atomic E-state index is 12.0.